The summed E-state index contributed by atoms with van der Waals surface area (Å²) in [6, 6.07) is 0. The molecule has 0 aromatic carbocycles. The van der Waals surface area contributed by atoms with Crippen LogP contribution in [0.4, 0.5) is 0 Å². The number of piperidine rings is 2. The van der Waals surface area contributed by atoms with Gasteiger partial charge in [0.15, 0.2) is 0 Å². The molecular weight excluding hydrogens is 300 g/mol. The molecule has 0 saturated carbocycles. The molecule has 0 amide bonds. The van der Waals surface area contributed by atoms with Gasteiger partial charge in [0, 0.05) is 12.8 Å². The van der Waals surface area contributed by atoms with Gasteiger partial charge in [0.25, 0.3) is 0 Å². The van der Waals surface area contributed by atoms with Crippen LogP contribution in [0, 0.1) is 0 Å². The van der Waals surface area contributed by atoms with Crippen molar-refractivity contribution in [1.29, 1.82) is 0 Å². The Morgan fingerprint density at radius 2 is 1.37 bits per heavy atom. The third kappa shape index (κ3) is 4.44. The van der Waals surface area contributed by atoms with Crippen LogP contribution < -0.4 is 0 Å². The molecule has 1 unspecified atom stereocenters. The van der Waals surface area contributed by atoms with Gasteiger partial charge in [-0.2, -0.15) is 0 Å². The summed E-state index contributed by atoms with van der Waals surface area (Å²) in [5.41, 5.74) is 0. The maximum absolute atomic E-state index is 4.00. The largest absolute Gasteiger partial charge is 0.326 e. The first kappa shape index (κ1) is 15.8. The number of quaternary nitrogens is 2. The summed E-state index contributed by atoms with van der Waals surface area (Å²) in [5, 5.41) is 0. The summed E-state index contributed by atoms with van der Waals surface area (Å²) in [6.45, 7) is 6.98. The fourth-order valence-electron chi connectivity index (χ4n) is 3.97. The lowest BCUT2D eigenvalue weighted by Crippen LogP contribution is -2.53. The van der Waals surface area contributed by atoms with Crippen LogP contribution in [0.15, 0.2) is 0 Å². The maximum atomic E-state index is 4.00. The van der Waals surface area contributed by atoms with Crippen LogP contribution in [-0.4, -0.2) is 60.7 Å². The highest BCUT2D eigenvalue weighted by molar-refractivity contribution is 9.09. The van der Waals surface area contributed by atoms with Gasteiger partial charge in [0.05, 0.1) is 46.8 Å². The molecule has 0 aromatic rings. The van der Waals surface area contributed by atoms with E-state index in [1.54, 1.807) is 0 Å². The topological polar surface area (TPSA) is 0 Å². The van der Waals surface area contributed by atoms with Crippen molar-refractivity contribution in [3.63, 3.8) is 0 Å². The predicted molar refractivity (Wildman–Crippen MR) is 86.4 cm³/mol. The van der Waals surface area contributed by atoms with Crippen molar-refractivity contribution >= 4 is 15.9 Å². The molecule has 2 aliphatic rings. The molecule has 0 N–H and O–H groups in total. The van der Waals surface area contributed by atoms with Crippen molar-refractivity contribution in [2.24, 2.45) is 0 Å². The quantitative estimate of drug-likeness (QED) is 0.408. The molecule has 3 heteroatoms. The first-order valence-electron chi connectivity index (χ1n) is 8.36. The van der Waals surface area contributed by atoms with Crippen molar-refractivity contribution in [3.8, 4) is 0 Å². The second-order valence-electron chi connectivity index (χ2n) is 7.41. The zero-order valence-electron chi connectivity index (χ0n) is 13.0. The van der Waals surface area contributed by atoms with E-state index in [2.05, 4.69) is 30.0 Å². The van der Waals surface area contributed by atoms with E-state index in [4.69, 9.17) is 0 Å². The smallest absolute Gasteiger partial charge is 0.144 e. The Balaban J connectivity index is 1.72. The highest BCUT2D eigenvalue weighted by atomic mass is 79.9. The van der Waals surface area contributed by atoms with Gasteiger partial charge in [-0.25, -0.2) is 0 Å². The first-order chi connectivity index (χ1) is 9.04. The molecule has 0 radical (unpaired) electrons. The summed E-state index contributed by atoms with van der Waals surface area (Å²) >= 11 is 4.00. The van der Waals surface area contributed by atoms with Gasteiger partial charge in [-0.3, -0.25) is 0 Å². The monoisotopic (exact) mass is 332 g/mol. The van der Waals surface area contributed by atoms with Crippen LogP contribution in [0.1, 0.15) is 51.4 Å². The zero-order chi connectivity index (χ0) is 13.8. The van der Waals surface area contributed by atoms with Gasteiger partial charge in [-0.05, 0) is 54.5 Å². The second kappa shape index (κ2) is 6.91. The molecule has 2 aliphatic heterocycles. The SMILES string of the molecule is C[N+]1(CCCC(Br)[N+]2(C)CCCCC2)CCCCC1. The Hall–Kier alpha value is 0.400. The van der Waals surface area contributed by atoms with E-state index < -0.39 is 0 Å². The van der Waals surface area contributed by atoms with Gasteiger partial charge in [-0.15, -0.1) is 0 Å². The summed E-state index contributed by atoms with van der Waals surface area (Å²) in [5.74, 6) is 0. The lowest BCUT2D eigenvalue weighted by molar-refractivity contribution is -0.925. The number of hydrogen-bond acceptors (Lipinski definition) is 0. The standard InChI is InChI=1S/C16H33BrN2/c1-18(11-5-3-6-12-18)13-9-10-16(17)19(2)14-7-4-8-15-19/h16H,3-15H2,1-2H3/q+2. The fraction of sp³-hybridized carbons (Fsp3) is 1.00. The number of likely N-dealkylation sites (tertiary alicyclic amines) is 2. The summed E-state index contributed by atoms with van der Waals surface area (Å²) in [7, 11) is 4.93. The van der Waals surface area contributed by atoms with Crippen LogP contribution in [-0.2, 0) is 0 Å². The van der Waals surface area contributed by atoms with Crippen molar-refractivity contribution in [2.75, 3.05) is 46.8 Å². The molecule has 2 nitrogen and oxygen atoms in total. The van der Waals surface area contributed by atoms with Crippen LogP contribution in [0.3, 0.4) is 0 Å². The first-order valence-corrected chi connectivity index (χ1v) is 9.28. The Bertz CT molecular complexity index is 268. The van der Waals surface area contributed by atoms with Crippen LogP contribution in [0.5, 0.6) is 0 Å². The second-order valence-corrected chi connectivity index (χ2v) is 8.47. The summed E-state index contributed by atoms with van der Waals surface area (Å²) in [6.07, 6.45) is 11.4. The van der Waals surface area contributed by atoms with Gasteiger partial charge in [0.1, 0.15) is 4.95 Å². The van der Waals surface area contributed by atoms with E-state index in [0.29, 0.717) is 4.95 Å². The molecule has 2 heterocycles. The molecule has 112 valence electrons. The molecule has 0 aromatic heterocycles. The summed E-state index contributed by atoms with van der Waals surface area (Å²) in [4.78, 5) is 0.684. The molecule has 2 rings (SSSR count). The highest BCUT2D eigenvalue weighted by Crippen LogP contribution is 2.27. The van der Waals surface area contributed by atoms with E-state index in [-0.39, 0.29) is 0 Å². The average Bonchev–Trinajstić information content (AvgIpc) is 2.40. The Labute approximate surface area is 128 Å². The fourth-order valence-corrected chi connectivity index (χ4v) is 4.70. The molecule has 2 fully saturated rings. The van der Waals surface area contributed by atoms with Gasteiger partial charge >= 0.3 is 0 Å². The van der Waals surface area contributed by atoms with E-state index in [1.807, 2.05) is 0 Å². The highest BCUT2D eigenvalue weighted by Gasteiger charge is 2.33. The molecular formula is C16H33BrN2+2. The lowest BCUT2D eigenvalue weighted by atomic mass is 10.1. The molecule has 0 aliphatic carbocycles. The van der Waals surface area contributed by atoms with E-state index in [1.165, 1.54) is 93.1 Å². The Morgan fingerprint density at radius 1 is 0.842 bits per heavy atom. The predicted octanol–water partition coefficient (Wildman–Crippen LogP) is 3.75. The van der Waals surface area contributed by atoms with Crippen LogP contribution in [0.2, 0.25) is 0 Å². The molecule has 19 heavy (non-hydrogen) atoms. The molecule has 2 saturated heterocycles. The van der Waals surface area contributed by atoms with Crippen LogP contribution >= 0.6 is 15.9 Å². The van der Waals surface area contributed by atoms with Crippen molar-refractivity contribution < 1.29 is 8.97 Å². The van der Waals surface area contributed by atoms with E-state index in [9.17, 15) is 0 Å². The molecule has 1 atom stereocenters. The zero-order valence-corrected chi connectivity index (χ0v) is 14.6. The van der Waals surface area contributed by atoms with Gasteiger partial charge in [0.2, 0.25) is 0 Å². The number of rotatable bonds is 5. The normalized spacial score (nSPS) is 27.9. The average molecular weight is 333 g/mol. The third-order valence-corrected chi connectivity index (χ3v) is 7.00. The minimum absolute atomic E-state index is 0.684. The summed E-state index contributed by atoms with van der Waals surface area (Å²) < 4.78 is 2.60. The minimum Gasteiger partial charge on any atom is -0.326 e. The number of hydrogen-bond donors (Lipinski definition) is 0. The third-order valence-electron chi connectivity index (χ3n) is 5.55. The van der Waals surface area contributed by atoms with Crippen molar-refractivity contribution in [1.82, 2.24) is 0 Å². The van der Waals surface area contributed by atoms with Gasteiger partial charge in [-0.1, -0.05) is 0 Å². The number of nitrogens with zero attached hydrogens (tertiary/aromatic N) is 2. The Kier molecular flexibility index (Phi) is 5.74. The number of alkyl halides is 1. The minimum atomic E-state index is 0.684. The van der Waals surface area contributed by atoms with E-state index >= 15 is 0 Å². The molecule has 0 bridgehead atoms. The number of halogens is 1. The lowest BCUT2D eigenvalue weighted by Gasteiger charge is -2.42. The maximum Gasteiger partial charge on any atom is 0.144 e. The van der Waals surface area contributed by atoms with Crippen molar-refractivity contribution in [3.05, 3.63) is 0 Å². The van der Waals surface area contributed by atoms with Gasteiger partial charge < -0.3 is 8.97 Å². The van der Waals surface area contributed by atoms with E-state index in [0.717, 1.165) is 0 Å². The van der Waals surface area contributed by atoms with Crippen molar-refractivity contribution in [2.45, 2.75) is 56.3 Å². The Morgan fingerprint density at radius 3 is 1.95 bits per heavy atom. The van der Waals surface area contributed by atoms with Crippen LogP contribution in [0.25, 0.3) is 0 Å². The molecule has 0 spiro atoms.